The van der Waals surface area contributed by atoms with Gasteiger partial charge in [0.15, 0.2) is 11.5 Å². The Kier molecular flexibility index (Phi) is 7.73. The number of phenolic OH excluding ortho intramolecular Hbond substituents is 1. The first kappa shape index (κ1) is 26.1. The Balaban J connectivity index is 1.88. The summed E-state index contributed by atoms with van der Waals surface area (Å²) in [6, 6.07) is 15.7. The van der Waals surface area contributed by atoms with Crippen LogP contribution in [0.2, 0.25) is 0 Å². The highest BCUT2D eigenvalue weighted by Gasteiger charge is 2.46. The molecule has 2 N–H and O–H groups in total. The summed E-state index contributed by atoms with van der Waals surface area (Å²) in [5, 5.41) is 21.6. The van der Waals surface area contributed by atoms with E-state index in [9.17, 15) is 19.8 Å². The molecule has 1 saturated heterocycles. The van der Waals surface area contributed by atoms with Crippen molar-refractivity contribution in [2.45, 2.75) is 19.5 Å². The lowest BCUT2D eigenvalue weighted by Crippen LogP contribution is -2.29. The molecule has 9 heteroatoms. The molecule has 8 nitrogen and oxygen atoms in total. The van der Waals surface area contributed by atoms with E-state index in [1.807, 2.05) is 6.07 Å². The van der Waals surface area contributed by atoms with E-state index in [2.05, 4.69) is 15.9 Å². The van der Waals surface area contributed by atoms with Crippen LogP contribution >= 0.6 is 15.9 Å². The van der Waals surface area contributed by atoms with E-state index < -0.39 is 17.7 Å². The van der Waals surface area contributed by atoms with E-state index in [-0.39, 0.29) is 29.4 Å². The number of hydrogen-bond acceptors (Lipinski definition) is 7. The Morgan fingerprint density at radius 2 is 1.78 bits per heavy atom. The van der Waals surface area contributed by atoms with E-state index >= 15 is 0 Å². The van der Waals surface area contributed by atoms with Gasteiger partial charge in [-0.15, -0.1) is 0 Å². The first-order valence-electron chi connectivity index (χ1n) is 11.5. The number of benzene rings is 3. The number of carbonyl (C=O) groups is 2. The van der Waals surface area contributed by atoms with Crippen LogP contribution in [0.5, 0.6) is 23.0 Å². The SMILES string of the molecule is CCOc1cc(C2/C(=C(/O)c3ccc(OC)c(Br)c3)C(=O)C(=O)N2Cc2cccc(OC)c2)ccc1O. The van der Waals surface area contributed by atoms with Gasteiger partial charge in [0.2, 0.25) is 0 Å². The zero-order valence-corrected chi connectivity index (χ0v) is 22.1. The van der Waals surface area contributed by atoms with Crippen molar-refractivity contribution >= 4 is 33.4 Å². The number of rotatable bonds is 8. The monoisotopic (exact) mass is 567 g/mol. The lowest BCUT2D eigenvalue weighted by molar-refractivity contribution is -0.140. The lowest BCUT2D eigenvalue weighted by Gasteiger charge is -2.26. The third-order valence-corrected chi connectivity index (χ3v) is 6.67. The van der Waals surface area contributed by atoms with Crippen molar-refractivity contribution in [3.05, 3.63) is 87.4 Å². The van der Waals surface area contributed by atoms with Gasteiger partial charge in [-0.25, -0.2) is 0 Å². The van der Waals surface area contributed by atoms with Crippen molar-refractivity contribution in [1.82, 2.24) is 4.90 Å². The number of ketones is 1. The molecule has 0 spiro atoms. The zero-order valence-electron chi connectivity index (χ0n) is 20.5. The number of carbonyl (C=O) groups excluding carboxylic acids is 2. The number of hydrogen-bond donors (Lipinski definition) is 2. The topological polar surface area (TPSA) is 106 Å². The molecule has 1 unspecified atom stereocenters. The van der Waals surface area contributed by atoms with Crippen molar-refractivity contribution in [3.63, 3.8) is 0 Å². The highest BCUT2D eigenvalue weighted by molar-refractivity contribution is 9.10. The number of Topliss-reactive ketones (excluding diaryl/α,β-unsaturated/α-hetero) is 1. The minimum atomic E-state index is -0.938. The van der Waals surface area contributed by atoms with Crippen molar-refractivity contribution in [2.75, 3.05) is 20.8 Å². The molecular formula is C28H26BrNO7. The van der Waals surface area contributed by atoms with Gasteiger partial charge in [-0.2, -0.15) is 0 Å². The van der Waals surface area contributed by atoms with Crippen LogP contribution < -0.4 is 14.2 Å². The molecule has 37 heavy (non-hydrogen) atoms. The Hall–Kier alpha value is -3.98. The Labute approximate surface area is 222 Å². The van der Waals surface area contributed by atoms with Gasteiger partial charge in [-0.3, -0.25) is 9.59 Å². The van der Waals surface area contributed by atoms with Gasteiger partial charge in [0.1, 0.15) is 17.3 Å². The van der Waals surface area contributed by atoms with E-state index in [1.165, 1.54) is 18.1 Å². The minimum absolute atomic E-state index is 0.0712. The minimum Gasteiger partial charge on any atom is -0.507 e. The molecule has 0 aliphatic carbocycles. The second kappa shape index (κ2) is 11.0. The van der Waals surface area contributed by atoms with Gasteiger partial charge in [-0.1, -0.05) is 18.2 Å². The molecule has 1 aliphatic rings. The summed E-state index contributed by atoms with van der Waals surface area (Å²) >= 11 is 3.40. The summed E-state index contributed by atoms with van der Waals surface area (Å²) in [4.78, 5) is 28.1. The number of halogens is 1. The molecule has 0 bridgehead atoms. The first-order valence-corrected chi connectivity index (χ1v) is 12.3. The first-order chi connectivity index (χ1) is 17.8. The molecule has 1 amide bonds. The largest absolute Gasteiger partial charge is 0.507 e. The average Bonchev–Trinajstić information content (AvgIpc) is 3.14. The highest BCUT2D eigenvalue weighted by Crippen LogP contribution is 2.43. The van der Waals surface area contributed by atoms with Crippen LogP contribution in [0.3, 0.4) is 0 Å². The van der Waals surface area contributed by atoms with Crippen molar-refractivity contribution in [2.24, 2.45) is 0 Å². The van der Waals surface area contributed by atoms with Crippen LogP contribution in [0.1, 0.15) is 29.7 Å². The molecule has 1 heterocycles. The van der Waals surface area contributed by atoms with Gasteiger partial charge >= 0.3 is 0 Å². The fourth-order valence-electron chi connectivity index (χ4n) is 4.30. The van der Waals surface area contributed by atoms with Crippen molar-refractivity contribution in [1.29, 1.82) is 0 Å². The normalized spacial score (nSPS) is 16.6. The Morgan fingerprint density at radius 1 is 1.00 bits per heavy atom. The zero-order chi connectivity index (χ0) is 26.7. The third-order valence-electron chi connectivity index (χ3n) is 6.05. The van der Waals surface area contributed by atoms with Crippen LogP contribution in [0.4, 0.5) is 0 Å². The van der Waals surface area contributed by atoms with Crippen LogP contribution in [0.25, 0.3) is 5.76 Å². The standard InChI is InChI=1S/C28H26BrNO7/c1-4-37-23-14-17(8-10-21(23)31)25-24(26(32)18-9-11-22(36-3)20(29)13-18)27(33)28(34)30(25)15-16-6-5-7-19(12-16)35-2/h5-14,25,31-32H,4,15H2,1-3H3/b26-24-. The molecule has 1 fully saturated rings. The quantitative estimate of drug-likeness (QED) is 0.219. The highest BCUT2D eigenvalue weighted by atomic mass is 79.9. The Morgan fingerprint density at radius 3 is 2.46 bits per heavy atom. The fraction of sp³-hybridized carbons (Fsp3) is 0.214. The van der Waals surface area contributed by atoms with Crippen LogP contribution in [0, 0.1) is 0 Å². The number of aliphatic hydroxyl groups excluding tert-OH is 1. The van der Waals surface area contributed by atoms with E-state index in [0.29, 0.717) is 33.7 Å². The number of phenols is 1. The predicted octanol–water partition coefficient (Wildman–Crippen LogP) is 5.19. The summed E-state index contributed by atoms with van der Waals surface area (Å²) in [5.74, 6) is -0.612. The molecule has 192 valence electrons. The number of aliphatic hydroxyl groups is 1. The van der Waals surface area contributed by atoms with Crippen LogP contribution in [-0.2, 0) is 16.1 Å². The number of amides is 1. The summed E-state index contributed by atoms with van der Waals surface area (Å²) in [6.45, 7) is 2.17. The van der Waals surface area contributed by atoms with Crippen molar-refractivity contribution < 1.29 is 34.0 Å². The molecule has 1 aliphatic heterocycles. The molecule has 3 aromatic rings. The molecule has 0 radical (unpaired) electrons. The van der Waals surface area contributed by atoms with E-state index in [1.54, 1.807) is 62.6 Å². The van der Waals surface area contributed by atoms with Gasteiger partial charge in [0.05, 0.1) is 36.9 Å². The molecular weight excluding hydrogens is 542 g/mol. The second-order valence-electron chi connectivity index (χ2n) is 8.29. The van der Waals surface area contributed by atoms with Crippen molar-refractivity contribution in [3.8, 4) is 23.0 Å². The van der Waals surface area contributed by atoms with Gasteiger partial charge < -0.3 is 29.3 Å². The predicted molar refractivity (Wildman–Crippen MR) is 141 cm³/mol. The molecule has 1 atom stereocenters. The van der Waals surface area contributed by atoms with Gasteiger partial charge in [-0.05, 0) is 76.4 Å². The van der Waals surface area contributed by atoms with Gasteiger partial charge in [0.25, 0.3) is 11.7 Å². The summed E-state index contributed by atoms with van der Waals surface area (Å²) in [6.07, 6.45) is 0. The molecule has 4 rings (SSSR count). The van der Waals surface area contributed by atoms with E-state index in [0.717, 1.165) is 5.56 Å². The number of likely N-dealkylation sites (tertiary alicyclic amines) is 1. The maximum Gasteiger partial charge on any atom is 0.295 e. The molecule has 0 saturated carbocycles. The number of aromatic hydroxyl groups is 1. The average molecular weight is 568 g/mol. The molecule has 3 aromatic carbocycles. The summed E-state index contributed by atoms with van der Waals surface area (Å²) < 4.78 is 16.7. The molecule has 0 aromatic heterocycles. The fourth-order valence-corrected chi connectivity index (χ4v) is 4.84. The number of nitrogens with zero attached hydrogens (tertiary/aromatic N) is 1. The van der Waals surface area contributed by atoms with Crippen LogP contribution in [-0.4, -0.2) is 47.6 Å². The number of methoxy groups -OCH3 is 2. The third kappa shape index (κ3) is 5.13. The summed E-state index contributed by atoms with van der Waals surface area (Å²) in [5.41, 5.74) is 1.50. The maximum atomic E-state index is 13.4. The van der Waals surface area contributed by atoms with Gasteiger partial charge in [0, 0.05) is 12.1 Å². The van der Waals surface area contributed by atoms with Crippen LogP contribution in [0.15, 0.2) is 70.7 Å². The Bertz CT molecular complexity index is 1380. The number of ether oxygens (including phenoxy) is 3. The van der Waals surface area contributed by atoms with E-state index in [4.69, 9.17) is 14.2 Å². The maximum absolute atomic E-state index is 13.4. The lowest BCUT2D eigenvalue weighted by atomic mass is 9.94. The summed E-state index contributed by atoms with van der Waals surface area (Å²) in [7, 11) is 3.06. The smallest absolute Gasteiger partial charge is 0.295 e. The second-order valence-corrected chi connectivity index (χ2v) is 9.14.